The van der Waals surface area contributed by atoms with Gasteiger partial charge in [-0.1, -0.05) is 31.5 Å². The molecular formula is C25H31ClN4O3. The molecule has 8 heteroatoms. The Morgan fingerprint density at radius 3 is 2.76 bits per heavy atom. The van der Waals surface area contributed by atoms with Crippen molar-refractivity contribution < 1.29 is 14.7 Å². The smallest absolute Gasteiger partial charge is 0.252 e. The van der Waals surface area contributed by atoms with Crippen LogP contribution in [0.3, 0.4) is 0 Å². The zero-order valence-electron chi connectivity index (χ0n) is 19.5. The Balaban J connectivity index is 1.63. The van der Waals surface area contributed by atoms with E-state index in [1.807, 2.05) is 12.1 Å². The lowest BCUT2D eigenvalue weighted by Gasteiger charge is -2.21. The van der Waals surface area contributed by atoms with E-state index in [4.69, 9.17) is 11.6 Å². The van der Waals surface area contributed by atoms with E-state index in [2.05, 4.69) is 34.0 Å². The molecule has 3 N–H and O–H groups in total. The fraction of sp³-hybridized carbons (Fsp3) is 0.480. The van der Waals surface area contributed by atoms with Crippen molar-refractivity contribution in [1.29, 1.82) is 0 Å². The number of hydrogen-bond donors (Lipinski definition) is 3. The van der Waals surface area contributed by atoms with Gasteiger partial charge in [0.15, 0.2) is 0 Å². The first-order chi connectivity index (χ1) is 15.5. The SMILES string of the molecule is CC(=O)N[C@H]1C=C(C(=O)Nc2cc(-c3cc([C@@H](C)O)n4c3CC(C)(C)C4)c(Cl)cn2)CCC1. The molecule has 1 aliphatic heterocycles. The zero-order valence-corrected chi connectivity index (χ0v) is 20.3. The largest absolute Gasteiger partial charge is 0.387 e. The second kappa shape index (κ2) is 8.95. The summed E-state index contributed by atoms with van der Waals surface area (Å²) in [4.78, 5) is 28.6. The molecule has 4 rings (SSSR count). The Kier molecular flexibility index (Phi) is 6.38. The Morgan fingerprint density at radius 1 is 1.30 bits per heavy atom. The number of amides is 2. The fourth-order valence-corrected chi connectivity index (χ4v) is 5.11. The highest BCUT2D eigenvalue weighted by molar-refractivity contribution is 6.33. The quantitative estimate of drug-likeness (QED) is 0.603. The van der Waals surface area contributed by atoms with Gasteiger partial charge in [-0.15, -0.1) is 0 Å². The topological polar surface area (TPSA) is 96.3 Å². The zero-order chi connectivity index (χ0) is 23.9. The predicted octanol–water partition coefficient (Wildman–Crippen LogP) is 4.39. The summed E-state index contributed by atoms with van der Waals surface area (Å²) in [7, 11) is 0. The van der Waals surface area contributed by atoms with E-state index < -0.39 is 6.10 Å². The Morgan fingerprint density at radius 2 is 2.06 bits per heavy atom. The number of nitrogens with zero attached hydrogens (tertiary/aromatic N) is 2. The highest BCUT2D eigenvalue weighted by Crippen LogP contribution is 2.43. The Hall–Kier alpha value is -2.64. The number of aliphatic hydroxyl groups excluding tert-OH is 1. The molecule has 0 saturated heterocycles. The van der Waals surface area contributed by atoms with Gasteiger partial charge in [0.2, 0.25) is 5.91 Å². The molecule has 0 radical (unpaired) electrons. The van der Waals surface area contributed by atoms with Gasteiger partial charge in [0, 0.05) is 53.8 Å². The van der Waals surface area contributed by atoms with Crippen LogP contribution in [0, 0.1) is 5.41 Å². The monoisotopic (exact) mass is 470 g/mol. The van der Waals surface area contributed by atoms with Gasteiger partial charge in [0.1, 0.15) is 5.82 Å². The van der Waals surface area contributed by atoms with Crippen molar-refractivity contribution in [3.05, 3.63) is 46.4 Å². The lowest BCUT2D eigenvalue weighted by Crippen LogP contribution is -2.34. The second-order valence-corrected chi connectivity index (χ2v) is 10.3. The minimum Gasteiger partial charge on any atom is -0.387 e. The fourth-order valence-electron chi connectivity index (χ4n) is 4.90. The van der Waals surface area contributed by atoms with Crippen LogP contribution in [0.4, 0.5) is 5.82 Å². The molecule has 2 aromatic heterocycles. The van der Waals surface area contributed by atoms with E-state index in [1.165, 1.54) is 6.92 Å². The van der Waals surface area contributed by atoms with Crippen molar-refractivity contribution in [1.82, 2.24) is 14.9 Å². The first-order valence-corrected chi connectivity index (χ1v) is 11.8. The number of aliphatic hydroxyl groups is 1. The van der Waals surface area contributed by atoms with Gasteiger partial charge in [0.25, 0.3) is 5.91 Å². The number of aromatic nitrogens is 2. The van der Waals surface area contributed by atoms with E-state index in [1.54, 1.807) is 19.2 Å². The molecule has 2 atom stereocenters. The van der Waals surface area contributed by atoms with Crippen LogP contribution < -0.4 is 10.6 Å². The van der Waals surface area contributed by atoms with E-state index in [9.17, 15) is 14.7 Å². The summed E-state index contributed by atoms with van der Waals surface area (Å²) < 4.78 is 2.18. The molecule has 1 aliphatic carbocycles. The predicted molar refractivity (Wildman–Crippen MR) is 129 cm³/mol. The van der Waals surface area contributed by atoms with Crippen LogP contribution in [0.25, 0.3) is 11.1 Å². The molecule has 2 aromatic rings. The highest BCUT2D eigenvalue weighted by atomic mass is 35.5. The average molecular weight is 471 g/mol. The van der Waals surface area contributed by atoms with E-state index in [0.29, 0.717) is 22.8 Å². The summed E-state index contributed by atoms with van der Waals surface area (Å²) >= 11 is 6.55. The van der Waals surface area contributed by atoms with Gasteiger partial charge in [-0.25, -0.2) is 4.98 Å². The molecule has 0 fully saturated rings. The minimum absolute atomic E-state index is 0.0867. The molecule has 0 bridgehead atoms. The standard InChI is InChI=1S/C25H31ClN4O3/c1-14(31)21-9-19(22-11-25(3,4)13-30(21)22)18-10-23(27-12-20(18)26)29-24(33)16-6-5-7-17(8-16)28-15(2)32/h8-10,12,14,17,31H,5-7,11,13H2,1-4H3,(H,28,32)(H,27,29,33)/t14-,17-/m1/s1. The van der Waals surface area contributed by atoms with Crippen molar-refractivity contribution in [2.75, 3.05) is 5.32 Å². The maximum Gasteiger partial charge on any atom is 0.252 e. The molecule has 0 spiro atoms. The normalized spacial score (nSPS) is 20.1. The van der Waals surface area contributed by atoms with Crippen molar-refractivity contribution in [3.63, 3.8) is 0 Å². The lowest BCUT2D eigenvalue weighted by molar-refractivity contribution is -0.119. The first-order valence-electron chi connectivity index (χ1n) is 11.4. The maximum absolute atomic E-state index is 12.9. The van der Waals surface area contributed by atoms with Crippen LogP contribution >= 0.6 is 11.6 Å². The van der Waals surface area contributed by atoms with Crippen LogP contribution in [-0.2, 0) is 22.6 Å². The number of nitrogens with one attached hydrogen (secondary N) is 2. The number of hydrogen-bond acceptors (Lipinski definition) is 4. The summed E-state index contributed by atoms with van der Waals surface area (Å²) in [5, 5.41) is 16.6. The van der Waals surface area contributed by atoms with Crippen LogP contribution in [0.5, 0.6) is 0 Å². The van der Waals surface area contributed by atoms with Crippen LogP contribution in [0.15, 0.2) is 30.0 Å². The molecule has 0 aromatic carbocycles. The molecule has 2 aliphatic rings. The Labute approximate surface area is 199 Å². The van der Waals surface area contributed by atoms with Gasteiger partial charge in [-0.2, -0.15) is 0 Å². The van der Waals surface area contributed by atoms with Crippen LogP contribution in [-0.4, -0.2) is 32.5 Å². The summed E-state index contributed by atoms with van der Waals surface area (Å²) in [6.45, 7) is 8.50. The molecule has 176 valence electrons. The minimum atomic E-state index is -0.596. The Bertz CT molecular complexity index is 1130. The summed E-state index contributed by atoms with van der Waals surface area (Å²) in [6.07, 6.45) is 5.96. The summed E-state index contributed by atoms with van der Waals surface area (Å²) in [5.74, 6) is 0.0817. The van der Waals surface area contributed by atoms with Crippen molar-refractivity contribution >= 4 is 29.2 Å². The number of carbonyl (C=O) groups is 2. The van der Waals surface area contributed by atoms with Crippen LogP contribution in [0.2, 0.25) is 5.02 Å². The number of anilines is 1. The summed E-state index contributed by atoms with van der Waals surface area (Å²) in [5.41, 5.74) is 4.46. The van der Waals surface area contributed by atoms with Gasteiger partial charge in [-0.05, 0) is 50.2 Å². The van der Waals surface area contributed by atoms with Crippen molar-refractivity contribution in [3.8, 4) is 11.1 Å². The number of halogens is 1. The number of pyridine rings is 1. The van der Waals surface area contributed by atoms with E-state index in [-0.39, 0.29) is 23.3 Å². The summed E-state index contributed by atoms with van der Waals surface area (Å²) in [6, 6.07) is 3.66. The first kappa shape index (κ1) is 23.5. The van der Waals surface area contributed by atoms with E-state index >= 15 is 0 Å². The third kappa shape index (κ3) is 4.99. The third-order valence-electron chi connectivity index (χ3n) is 6.33. The molecule has 0 saturated carbocycles. The van der Waals surface area contributed by atoms with Gasteiger partial charge >= 0.3 is 0 Å². The van der Waals surface area contributed by atoms with Crippen molar-refractivity contribution in [2.45, 2.75) is 72.1 Å². The molecule has 2 amide bonds. The molecule has 33 heavy (non-hydrogen) atoms. The molecule has 3 heterocycles. The molecular weight excluding hydrogens is 440 g/mol. The number of carbonyl (C=O) groups excluding carboxylic acids is 2. The van der Waals surface area contributed by atoms with Gasteiger partial charge in [0.05, 0.1) is 11.1 Å². The van der Waals surface area contributed by atoms with Gasteiger partial charge in [-0.3, -0.25) is 9.59 Å². The molecule has 7 nitrogen and oxygen atoms in total. The number of fused-ring (bicyclic) bond motifs is 1. The number of rotatable bonds is 5. The van der Waals surface area contributed by atoms with Gasteiger partial charge < -0.3 is 20.3 Å². The highest BCUT2D eigenvalue weighted by Gasteiger charge is 2.34. The maximum atomic E-state index is 12.9. The lowest BCUT2D eigenvalue weighted by atomic mass is 9.89. The van der Waals surface area contributed by atoms with Crippen LogP contribution in [0.1, 0.15) is 64.4 Å². The third-order valence-corrected chi connectivity index (χ3v) is 6.63. The second-order valence-electron chi connectivity index (χ2n) is 9.93. The molecule has 0 unspecified atom stereocenters. The van der Waals surface area contributed by atoms with E-state index in [0.717, 1.165) is 48.3 Å². The average Bonchev–Trinajstić information content (AvgIpc) is 3.22. The van der Waals surface area contributed by atoms with Crippen molar-refractivity contribution in [2.24, 2.45) is 5.41 Å².